The molecular formula is C16H16F3NO3. The lowest BCUT2D eigenvalue weighted by molar-refractivity contribution is -0.146. The van der Waals surface area contributed by atoms with Crippen molar-refractivity contribution in [2.75, 3.05) is 7.11 Å². The second kappa shape index (κ2) is 5.72. The molecule has 1 heterocycles. The van der Waals surface area contributed by atoms with Crippen molar-refractivity contribution in [2.45, 2.75) is 32.4 Å². The predicted octanol–water partition coefficient (Wildman–Crippen LogP) is 4.12. The maximum atomic E-state index is 12.6. The van der Waals surface area contributed by atoms with Gasteiger partial charge in [-0.1, -0.05) is 0 Å². The number of ether oxygens (including phenoxy) is 1. The SMILES string of the molecule is COC(=O)C(C)(C)c1nc(-c2ccc(C(F)(F)F)cc2)oc1C. The first-order chi connectivity index (χ1) is 10.6. The first-order valence-corrected chi connectivity index (χ1v) is 6.81. The van der Waals surface area contributed by atoms with Crippen LogP contribution in [0.5, 0.6) is 0 Å². The van der Waals surface area contributed by atoms with E-state index in [1.165, 1.54) is 19.2 Å². The molecule has 1 aromatic carbocycles. The highest BCUT2D eigenvalue weighted by molar-refractivity contribution is 5.82. The molecule has 2 rings (SSSR count). The van der Waals surface area contributed by atoms with Crippen molar-refractivity contribution >= 4 is 5.97 Å². The average molecular weight is 327 g/mol. The van der Waals surface area contributed by atoms with Crippen LogP contribution in [-0.2, 0) is 21.1 Å². The third kappa shape index (κ3) is 3.23. The highest BCUT2D eigenvalue weighted by Crippen LogP contribution is 2.33. The van der Waals surface area contributed by atoms with E-state index < -0.39 is 23.1 Å². The number of halogens is 3. The Labute approximate surface area is 131 Å². The van der Waals surface area contributed by atoms with Crippen molar-refractivity contribution in [3.05, 3.63) is 41.3 Å². The van der Waals surface area contributed by atoms with E-state index in [1.54, 1.807) is 20.8 Å². The molecule has 124 valence electrons. The monoisotopic (exact) mass is 327 g/mol. The third-order valence-corrected chi connectivity index (χ3v) is 3.54. The van der Waals surface area contributed by atoms with Crippen LogP contribution in [0.3, 0.4) is 0 Å². The van der Waals surface area contributed by atoms with Crippen LogP contribution in [-0.4, -0.2) is 18.1 Å². The molecule has 0 atom stereocenters. The minimum Gasteiger partial charge on any atom is -0.468 e. The Bertz CT molecular complexity index is 715. The lowest BCUT2D eigenvalue weighted by atomic mass is 9.88. The Morgan fingerprint density at radius 1 is 1.17 bits per heavy atom. The number of aromatic nitrogens is 1. The van der Waals surface area contributed by atoms with Crippen molar-refractivity contribution < 1.29 is 27.1 Å². The number of hydrogen-bond donors (Lipinski definition) is 0. The molecule has 7 heteroatoms. The summed E-state index contributed by atoms with van der Waals surface area (Å²) in [5.74, 6) is 0.0892. The molecule has 1 aromatic heterocycles. The van der Waals surface area contributed by atoms with Gasteiger partial charge in [-0.2, -0.15) is 13.2 Å². The number of oxazole rings is 1. The lowest BCUT2D eigenvalue weighted by Crippen LogP contribution is -2.31. The Hall–Kier alpha value is -2.31. The molecule has 0 saturated heterocycles. The summed E-state index contributed by atoms with van der Waals surface area (Å²) in [7, 11) is 1.27. The van der Waals surface area contributed by atoms with E-state index >= 15 is 0 Å². The van der Waals surface area contributed by atoms with Crippen molar-refractivity contribution in [2.24, 2.45) is 0 Å². The smallest absolute Gasteiger partial charge is 0.416 e. The van der Waals surface area contributed by atoms with Gasteiger partial charge in [-0.05, 0) is 45.0 Å². The van der Waals surface area contributed by atoms with Gasteiger partial charge in [0.2, 0.25) is 5.89 Å². The fourth-order valence-electron chi connectivity index (χ4n) is 2.25. The molecular weight excluding hydrogens is 311 g/mol. The number of alkyl halides is 3. The first kappa shape index (κ1) is 17.1. The first-order valence-electron chi connectivity index (χ1n) is 6.81. The van der Waals surface area contributed by atoms with Gasteiger partial charge in [-0.3, -0.25) is 4.79 Å². The molecule has 0 aliphatic carbocycles. The van der Waals surface area contributed by atoms with Crippen molar-refractivity contribution in [1.82, 2.24) is 4.98 Å². The van der Waals surface area contributed by atoms with Crippen molar-refractivity contribution in [3.63, 3.8) is 0 Å². The van der Waals surface area contributed by atoms with Crippen molar-refractivity contribution in [1.29, 1.82) is 0 Å². The fraction of sp³-hybridized carbons (Fsp3) is 0.375. The van der Waals surface area contributed by atoms with E-state index in [4.69, 9.17) is 9.15 Å². The number of benzene rings is 1. The zero-order valence-electron chi connectivity index (χ0n) is 13.1. The summed E-state index contributed by atoms with van der Waals surface area (Å²) in [6.45, 7) is 4.92. The third-order valence-electron chi connectivity index (χ3n) is 3.54. The molecule has 0 spiro atoms. The van der Waals surface area contributed by atoms with Crippen molar-refractivity contribution in [3.8, 4) is 11.5 Å². The summed E-state index contributed by atoms with van der Waals surface area (Å²) >= 11 is 0. The van der Waals surface area contributed by atoms with Gasteiger partial charge in [0.25, 0.3) is 0 Å². The van der Waals surface area contributed by atoms with Crippen LogP contribution >= 0.6 is 0 Å². The van der Waals surface area contributed by atoms with E-state index in [9.17, 15) is 18.0 Å². The van der Waals surface area contributed by atoms with E-state index in [1.807, 2.05) is 0 Å². The largest absolute Gasteiger partial charge is 0.468 e. The van der Waals surface area contributed by atoms with Gasteiger partial charge in [-0.15, -0.1) is 0 Å². The maximum Gasteiger partial charge on any atom is 0.416 e. The minimum absolute atomic E-state index is 0.156. The Kier molecular flexibility index (Phi) is 4.24. The number of esters is 1. The molecule has 0 saturated carbocycles. The normalized spacial score (nSPS) is 12.3. The molecule has 0 bridgehead atoms. The summed E-state index contributed by atoms with van der Waals surface area (Å²) in [5, 5.41) is 0. The highest BCUT2D eigenvalue weighted by atomic mass is 19.4. The van der Waals surface area contributed by atoms with Gasteiger partial charge in [0.05, 0.1) is 18.4 Å². The standard InChI is InChI=1S/C16H16F3NO3/c1-9-12(15(2,3)14(21)22-4)20-13(23-9)10-5-7-11(8-6-10)16(17,18)19/h5-8H,1-4H3. The topological polar surface area (TPSA) is 52.3 Å². The molecule has 0 unspecified atom stereocenters. The lowest BCUT2D eigenvalue weighted by Gasteiger charge is -2.19. The molecule has 0 aliphatic heterocycles. The fourth-order valence-corrected chi connectivity index (χ4v) is 2.25. The Morgan fingerprint density at radius 2 is 1.74 bits per heavy atom. The number of methoxy groups -OCH3 is 1. The van der Waals surface area contributed by atoms with Crippen LogP contribution in [0.4, 0.5) is 13.2 Å². The zero-order chi connectivity index (χ0) is 17.4. The molecule has 2 aromatic rings. The summed E-state index contributed by atoms with van der Waals surface area (Å²) in [5.41, 5.74) is -0.987. The minimum atomic E-state index is -4.40. The number of nitrogens with zero attached hydrogens (tertiary/aromatic N) is 1. The summed E-state index contributed by atoms with van der Waals surface area (Å²) < 4.78 is 48.0. The van der Waals surface area contributed by atoms with Crippen LogP contribution in [0, 0.1) is 6.92 Å². The molecule has 0 aliphatic rings. The van der Waals surface area contributed by atoms with Gasteiger partial charge in [0.1, 0.15) is 11.2 Å². The van der Waals surface area contributed by atoms with E-state index in [-0.39, 0.29) is 5.89 Å². The molecule has 0 amide bonds. The summed E-state index contributed by atoms with van der Waals surface area (Å²) in [6, 6.07) is 4.48. The Morgan fingerprint density at radius 3 is 2.22 bits per heavy atom. The van der Waals surface area contributed by atoms with Crippen LogP contribution in [0.1, 0.15) is 30.9 Å². The maximum absolute atomic E-state index is 12.6. The van der Waals surface area contributed by atoms with Crippen LogP contribution in [0.2, 0.25) is 0 Å². The molecule has 23 heavy (non-hydrogen) atoms. The van der Waals surface area contributed by atoms with Gasteiger partial charge < -0.3 is 9.15 Å². The summed E-state index contributed by atoms with van der Waals surface area (Å²) in [4.78, 5) is 16.1. The van der Waals surface area contributed by atoms with Crippen LogP contribution in [0.15, 0.2) is 28.7 Å². The second-order valence-electron chi connectivity index (χ2n) is 5.62. The number of aryl methyl sites for hydroxylation is 1. The highest BCUT2D eigenvalue weighted by Gasteiger charge is 2.36. The number of hydrogen-bond acceptors (Lipinski definition) is 4. The molecule has 4 nitrogen and oxygen atoms in total. The number of carbonyl (C=O) groups excluding carboxylic acids is 1. The molecule has 0 radical (unpaired) electrons. The quantitative estimate of drug-likeness (QED) is 0.796. The zero-order valence-corrected chi connectivity index (χ0v) is 13.1. The average Bonchev–Trinajstić information content (AvgIpc) is 2.88. The van der Waals surface area contributed by atoms with Gasteiger partial charge >= 0.3 is 12.1 Å². The van der Waals surface area contributed by atoms with E-state index in [0.717, 1.165) is 12.1 Å². The Balaban J connectivity index is 2.40. The van der Waals surface area contributed by atoms with Gasteiger partial charge in [0.15, 0.2) is 0 Å². The number of rotatable bonds is 3. The summed E-state index contributed by atoms with van der Waals surface area (Å²) in [6.07, 6.45) is -4.40. The van der Waals surface area contributed by atoms with Gasteiger partial charge in [0, 0.05) is 5.56 Å². The van der Waals surface area contributed by atoms with E-state index in [0.29, 0.717) is 17.0 Å². The van der Waals surface area contributed by atoms with E-state index in [2.05, 4.69) is 4.98 Å². The predicted molar refractivity (Wildman–Crippen MR) is 76.7 cm³/mol. The van der Waals surface area contributed by atoms with Gasteiger partial charge in [-0.25, -0.2) is 4.98 Å². The molecule has 0 N–H and O–H groups in total. The van der Waals surface area contributed by atoms with Crippen LogP contribution in [0.25, 0.3) is 11.5 Å². The number of carbonyl (C=O) groups is 1. The molecule has 0 fully saturated rings. The van der Waals surface area contributed by atoms with Crippen LogP contribution < -0.4 is 0 Å². The second-order valence-corrected chi connectivity index (χ2v) is 5.62.